The molecule has 4 rings (SSSR count). The van der Waals surface area contributed by atoms with Gasteiger partial charge in [-0.15, -0.1) is 5.10 Å². The van der Waals surface area contributed by atoms with Crippen LogP contribution in [0.4, 0.5) is 9.52 Å². The molecule has 0 atom stereocenters. The molecule has 0 saturated carbocycles. The Hall–Kier alpha value is -3.26. The lowest BCUT2D eigenvalue weighted by molar-refractivity contribution is 0.300. The maximum absolute atomic E-state index is 13.6. The molecular formula is C19H15FN4O2S. The average Bonchev–Trinajstić information content (AvgIpc) is 3.11. The number of nitrogens with zero attached hydrogens (tertiary/aromatic N) is 3. The Morgan fingerprint density at radius 2 is 1.93 bits per heavy atom. The lowest BCUT2D eigenvalue weighted by Crippen LogP contribution is -2.12. The summed E-state index contributed by atoms with van der Waals surface area (Å²) in [5.41, 5.74) is 1.33. The smallest absolute Gasteiger partial charge is 0.275 e. The van der Waals surface area contributed by atoms with Gasteiger partial charge in [0.05, 0.1) is 0 Å². The fourth-order valence-corrected chi connectivity index (χ4v) is 3.24. The molecule has 0 fully saturated rings. The predicted octanol–water partition coefficient (Wildman–Crippen LogP) is 3.48. The Morgan fingerprint density at radius 3 is 2.70 bits per heavy atom. The highest BCUT2D eigenvalue weighted by Crippen LogP contribution is 2.19. The molecule has 0 bridgehead atoms. The van der Waals surface area contributed by atoms with E-state index in [4.69, 9.17) is 4.74 Å². The van der Waals surface area contributed by atoms with Crippen LogP contribution in [0.1, 0.15) is 11.1 Å². The average molecular weight is 382 g/mol. The molecule has 0 aliphatic heterocycles. The van der Waals surface area contributed by atoms with E-state index in [1.54, 1.807) is 18.2 Å². The number of nitrogens with one attached hydrogen (secondary N) is 1. The first kappa shape index (κ1) is 17.2. The number of hydrogen-bond acceptors (Lipinski definition) is 6. The fourth-order valence-electron chi connectivity index (χ4n) is 2.47. The van der Waals surface area contributed by atoms with Crippen molar-refractivity contribution in [3.8, 4) is 5.75 Å². The third kappa shape index (κ3) is 3.95. The van der Waals surface area contributed by atoms with E-state index in [0.717, 1.165) is 5.56 Å². The Kier molecular flexibility index (Phi) is 4.80. The lowest BCUT2D eigenvalue weighted by Gasteiger charge is -2.08. The van der Waals surface area contributed by atoms with E-state index in [-0.39, 0.29) is 18.0 Å². The molecule has 0 aliphatic rings. The first-order valence-corrected chi connectivity index (χ1v) is 9.04. The first-order valence-electron chi connectivity index (χ1n) is 8.23. The number of rotatable bonds is 6. The summed E-state index contributed by atoms with van der Waals surface area (Å²) in [4.78, 5) is 16.4. The number of ether oxygens (including phenoxy) is 1. The van der Waals surface area contributed by atoms with Crippen molar-refractivity contribution in [3.63, 3.8) is 0 Å². The third-order valence-corrected chi connectivity index (χ3v) is 4.77. The summed E-state index contributed by atoms with van der Waals surface area (Å²) in [7, 11) is 0. The van der Waals surface area contributed by atoms with Gasteiger partial charge in [-0.05, 0) is 23.8 Å². The predicted molar refractivity (Wildman–Crippen MR) is 102 cm³/mol. The molecule has 1 N–H and O–H groups in total. The summed E-state index contributed by atoms with van der Waals surface area (Å²) in [6.45, 7) is 0.722. The molecule has 8 heteroatoms. The first-order chi connectivity index (χ1) is 13.2. The molecule has 4 aromatic rings. The SMILES string of the molecule is O=c1ccnc2sc(NCc3ccc(OCc4ccccc4F)cc3)nn12. The minimum Gasteiger partial charge on any atom is -0.489 e. The molecule has 0 spiro atoms. The fraction of sp³-hybridized carbons (Fsp3) is 0.105. The van der Waals surface area contributed by atoms with Gasteiger partial charge in [0.15, 0.2) is 0 Å². The van der Waals surface area contributed by atoms with Crippen LogP contribution in [-0.2, 0) is 13.2 Å². The molecule has 2 aromatic carbocycles. The van der Waals surface area contributed by atoms with Gasteiger partial charge in [0, 0.05) is 24.4 Å². The van der Waals surface area contributed by atoms with Gasteiger partial charge in [0.2, 0.25) is 10.1 Å². The highest BCUT2D eigenvalue weighted by molar-refractivity contribution is 7.20. The zero-order valence-corrected chi connectivity index (χ0v) is 14.9. The molecule has 0 saturated heterocycles. The van der Waals surface area contributed by atoms with Crippen molar-refractivity contribution in [2.45, 2.75) is 13.2 Å². The molecular weight excluding hydrogens is 367 g/mol. The molecule has 0 radical (unpaired) electrons. The van der Waals surface area contributed by atoms with Gasteiger partial charge < -0.3 is 10.1 Å². The van der Waals surface area contributed by atoms with Crippen molar-refractivity contribution in [1.82, 2.24) is 14.6 Å². The second-order valence-electron chi connectivity index (χ2n) is 5.76. The topological polar surface area (TPSA) is 68.5 Å². The zero-order chi connectivity index (χ0) is 18.6. The van der Waals surface area contributed by atoms with Crippen LogP contribution in [0.5, 0.6) is 5.75 Å². The number of fused-ring (bicyclic) bond motifs is 1. The zero-order valence-electron chi connectivity index (χ0n) is 14.1. The molecule has 2 heterocycles. The standard InChI is InChI=1S/C19H15FN4O2S/c20-16-4-2-1-3-14(16)12-26-15-7-5-13(6-8-15)11-22-18-23-24-17(25)9-10-21-19(24)27-18/h1-10H,11-12H2,(H,22,23). The molecule has 0 aliphatic carbocycles. The highest BCUT2D eigenvalue weighted by Gasteiger charge is 2.06. The van der Waals surface area contributed by atoms with Crippen molar-refractivity contribution in [2.24, 2.45) is 0 Å². The van der Waals surface area contributed by atoms with Crippen molar-refractivity contribution in [2.75, 3.05) is 5.32 Å². The van der Waals surface area contributed by atoms with Crippen molar-refractivity contribution < 1.29 is 9.13 Å². The summed E-state index contributed by atoms with van der Waals surface area (Å²) in [5, 5.41) is 8.00. The van der Waals surface area contributed by atoms with E-state index >= 15 is 0 Å². The normalized spacial score (nSPS) is 10.9. The quantitative estimate of drug-likeness (QED) is 0.553. The molecule has 2 aromatic heterocycles. The Bertz CT molecular complexity index is 1120. The van der Waals surface area contributed by atoms with E-state index in [0.29, 0.717) is 28.0 Å². The van der Waals surface area contributed by atoms with Gasteiger partial charge in [-0.2, -0.15) is 4.52 Å². The van der Waals surface area contributed by atoms with Crippen LogP contribution in [0.25, 0.3) is 4.96 Å². The minimum absolute atomic E-state index is 0.178. The summed E-state index contributed by atoms with van der Waals surface area (Å²) in [6, 6.07) is 15.4. The van der Waals surface area contributed by atoms with Crippen LogP contribution in [0.3, 0.4) is 0 Å². The molecule has 0 amide bonds. The van der Waals surface area contributed by atoms with E-state index < -0.39 is 0 Å². The monoisotopic (exact) mass is 382 g/mol. The van der Waals surface area contributed by atoms with Crippen LogP contribution in [-0.4, -0.2) is 14.6 Å². The molecule has 136 valence electrons. The Labute approximate surface area is 157 Å². The molecule has 27 heavy (non-hydrogen) atoms. The van der Waals surface area contributed by atoms with E-state index in [1.165, 1.54) is 34.2 Å². The van der Waals surface area contributed by atoms with Crippen molar-refractivity contribution in [3.05, 3.63) is 88.1 Å². The van der Waals surface area contributed by atoms with Gasteiger partial charge in [0.1, 0.15) is 18.2 Å². The van der Waals surface area contributed by atoms with Gasteiger partial charge in [0.25, 0.3) is 5.56 Å². The second-order valence-corrected chi connectivity index (χ2v) is 6.72. The molecule has 6 nitrogen and oxygen atoms in total. The van der Waals surface area contributed by atoms with Crippen LogP contribution in [0.15, 0.2) is 65.6 Å². The number of hydrogen-bond donors (Lipinski definition) is 1. The van der Waals surface area contributed by atoms with E-state index in [2.05, 4.69) is 15.4 Å². The maximum atomic E-state index is 13.6. The van der Waals surface area contributed by atoms with E-state index in [9.17, 15) is 9.18 Å². The van der Waals surface area contributed by atoms with Crippen LogP contribution in [0, 0.1) is 5.82 Å². The van der Waals surface area contributed by atoms with Gasteiger partial charge in [-0.1, -0.05) is 41.7 Å². The minimum atomic E-state index is -0.275. The number of benzene rings is 2. The van der Waals surface area contributed by atoms with Gasteiger partial charge in [-0.3, -0.25) is 4.79 Å². The van der Waals surface area contributed by atoms with E-state index in [1.807, 2.05) is 24.3 Å². The highest BCUT2D eigenvalue weighted by atomic mass is 32.1. The summed E-state index contributed by atoms with van der Waals surface area (Å²) >= 11 is 1.31. The Morgan fingerprint density at radius 1 is 1.11 bits per heavy atom. The number of aromatic nitrogens is 3. The largest absolute Gasteiger partial charge is 0.489 e. The summed E-state index contributed by atoms with van der Waals surface area (Å²) in [5.74, 6) is 0.389. The van der Waals surface area contributed by atoms with Crippen molar-refractivity contribution in [1.29, 1.82) is 0 Å². The van der Waals surface area contributed by atoms with Crippen molar-refractivity contribution >= 4 is 21.4 Å². The van der Waals surface area contributed by atoms with Gasteiger partial charge in [-0.25, -0.2) is 9.37 Å². The summed E-state index contributed by atoms with van der Waals surface area (Å²) in [6.07, 6.45) is 1.47. The maximum Gasteiger partial charge on any atom is 0.275 e. The van der Waals surface area contributed by atoms with Gasteiger partial charge >= 0.3 is 0 Å². The third-order valence-electron chi connectivity index (χ3n) is 3.89. The van der Waals surface area contributed by atoms with Crippen LogP contribution >= 0.6 is 11.3 Å². The second kappa shape index (κ2) is 7.55. The Balaban J connectivity index is 1.36. The number of halogens is 1. The van der Waals surface area contributed by atoms with Crippen LogP contribution < -0.4 is 15.6 Å². The number of anilines is 1. The van der Waals surface area contributed by atoms with Crippen LogP contribution in [0.2, 0.25) is 0 Å². The molecule has 0 unspecified atom stereocenters. The summed E-state index contributed by atoms with van der Waals surface area (Å²) < 4.78 is 20.5. The lowest BCUT2D eigenvalue weighted by atomic mass is 10.2.